The molecule has 2 saturated heterocycles. The van der Waals surface area contributed by atoms with E-state index < -0.39 is 17.7 Å². The van der Waals surface area contributed by atoms with E-state index in [-0.39, 0.29) is 23.5 Å². The van der Waals surface area contributed by atoms with Crippen LogP contribution in [0.15, 0.2) is 48.5 Å². The minimum absolute atomic E-state index is 0.134. The number of rotatable bonds is 9. The molecular weight excluding hydrogens is 473 g/mol. The van der Waals surface area contributed by atoms with Gasteiger partial charge in [-0.3, -0.25) is 14.5 Å². The summed E-state index contributed by atoms with van der Waals surface area (Å²) < 4.78 is 18.9. The summed E-state index contributed by atoms with van der Waals surface area (Å²) in [5.41, 5.74) is 0.262. The number of unbranched alkanes of at least 4 members (excludes halogenated alkanes) is 1. The highest BCUT2D eigenvalue weighted by Crippen LogP contribution is 2.35. The predicted molar refractivity (Wildman–Crippen MR) is 140 cm³/mol. The Morgan fingerprint density at radius 1 is 1.05 bits per heavy atom. The van der Waals surface area contributed by atoms with Crippen LogP contribution in [0, 0.1) is 11.7 Å². The topological polar surface area (TPSA) is 82.1 Å². The number of halogens is 1. The molecule has 8 heteroatoms. The second-order valence-electron chi connectivity index (χ2n) is 10.5. The van der Waals surface area contributed by atoms with Crippen LogP contribution < -0.4 is 10.1 Å². The number of nitrogens with one attached hydrogen (secondary N) is 1. The molecule has 0 bridgehead atoms. The summed E-state index contributed by atoms with van der Waals surface area (Å²) in [6, 6.07) is 12.8. The van der Waals surface area contributed by atoms with Crippen LogP contribution in [0.3, 0.4) is 0 Å². The number of piperazine rings is 1. The van der Waals surface area contributed by atoms with E-state index >= 15 is 0 Å². The van der Waals surface area contributed by atoms with Gasteiger partial charge in [-0.2, -0.15) is 0 Å². The van der Waals surface area contributed by atoms with E-state index in [1.807, 2.05) is 38.1 Å². The lowest BCUT2D eigenvalue weighted by Crippen LogP contribution is -2.74. The van der Waals surface area contributed by atoms with Crippen LogP contribution in [-0.2, 0) is 16.1 Å². The van der Waals surface area contributed by atoms with Gasteiger partial charge >= 0.3 is 0 Å². The Labute approximate surface area is 218 Å². The van der Waals surface area contributed by atoms with E-state index in [0.717, 1.165) is 24.9 Å². The highest BCUT2D eigenvalue weighted by molar-refractivity contribution is 6.00. The van der Waals surface area contributed by atoms with Gasteiger partial charge in [0, 0.05) is 26.2 Å². The van der Waals surface area contributed by atoms with Crippen molar-refractivity contribution in [2.75, 3.05) is 19.6 Å². The number of aliphatic hydroxyl groups is 1. The number of nitrogens with zero attached hydrogens (tertiary/aromatic N) is 2. The van der Waals surface area contributed by atoms with Crippen LogP contribution in [0.1, 0.15) is 52.0 Å². The number of carbonyl (C=O) groups excluding carboxylic acids is 2. The van der Waals surface area contributed by atoms with Gasteiger partial charge in [0.05, 0.1) is 6.10 Å². The van der Waals surface area contributed by atoms with Crippen LogP contribution in [0.5, 0.6) is 11.5 Å². The summed E-state index contributed by atoms with van der Waals surface area (Å²) >= 11 is 0. The molecule has 2 aliphatic heterocycles. The number of piperidine rings is 1. The number of aliphatic hydroxyl groups excluding tert-OH is 1. The highest BCUT2D eigenvalue weighted by atomic mass is 19.1. The number of hydrogen-bond acceptors (Lipinski definition) is 5. The van der Waals surface area contributed by atoms with E-state index in [4.69, 9.17) is 4.74 Å². The first-order chi connectivity index (χ1) is 17.7. The molecule has 2 aliphatic rings. The molecule has 4 rings (SSSR count). The van der Waals surface area contributed by atoms with E-state index in [0.29, 0.717) is 44.0 Å². The van der Waals surface area contributed by atoms with Gasteiger partial charge in [-0.1, -0.05) is 39.3 Å². The third-order valence-electron chi connectivity index (χ3n) is 7.58. The van der Waals surface area contributed by atoms with Crippen molar-refractivity contribution in [2.45, 2.75) is 70.7 Å². The lowest BCUT2D eigenvalue weighted by Gasteiger charge is -2.52. The Bertz CT molecular complexity index is 1070. The SMILES string of the molecule is CCCCN1C(=O)C(C(O)C(C)C)NC(=O)C12CCN(Cc1ccc(Oc3ccc(F)cc3)cc1)CC2. The maximum atomic E-state index is 13.5. The zero-order valence-corrected chi connectivity index (χ0v) is 22.0. The largest absolute Gasteiger partial charge is 0.457 e. The predicted octanol–water partition coefficient (Wildman–Crippen LogP) is 4.10. The number of hydrogen-bond donors (Lipinski definition) is 2. The molecule has 2 aromatic rings. The summed E-state index contributed by atoms with van der Waals surface area (Å²) in [7, 11) is 0. The second kappa shape index (κ2) is 11.6. The molecule has 2 amide bonds. The van der Waals surface area contributed by atoms with Crippen molar-refractivity contribution in [1.82, 2.24) is 15.1 Å². The van der Waals surface area contributed by atoms with Gasteiger partial charge in [0.15, 0.2) is 0 Å². The zero-order valence-electron chi connectivity index (χ0n) is 22.0. The Balaban J connectivity index is 1.39. The highest BCUT2D eigenvalue weighted by Gasteiger charge is 2.54. The Morgan fingerprint density at radius 3 is 2.22 bits per heavy atom. The van der Waals surface area contributed by atoms with Crippen LogP contribution >= 0.6 is 0 Å². The molecule has 2 fully saturated rings. The fourth-order valence-corrected chi connectivity index (χ4v) is 5.23. The van der Waals surface area contributed by atoms with Crippen molar-refractivity contribution in [3.8, 4) is 11.5 Å². The van der Waals surface area contributed by atoms with Crippen molar-refractivity contribution < 1.29 is 23.8 Å². The molecule has 0 aliphatic carbocycles. The normalized spacial score (nSPS) is 20.8. The second-order valence-corrected chi connectivity index (χ2v) is 10.5. The monoisotopic (exact) mass is 511 g/mol. The fraction of sp³-hybridized carbons (Fsp3) is 0.517. The standard InChI is InChI=1S/C29H38FN3O4/c1-4-5-16-33-27(35)25(26(34)20(2)3)31-28(36)29(33)14-17-32(18-15-29)19-21-6-10-23(11-7-21)37-24-12-8-22(30)9-13-24/h6-13,20,25-26,34H,4-5,14-19H2,1-3H3,(H,31,36). The molecule has 1 spiro atoms. The molecule has 7 nitrogen and oxygen atoms in total. The van der Waals surface area contributed by atoms with Crippen molar-refractivity contribution in [3.63, 3.8) is 0 Å². The number of likely N-dealkylation sites (tertiary alicyclic amines) is 1. The smallest absolute Gasteiger partial charge is 0.248 e. The Morgan fingerprint density at radius 2 is 1.65 bits per heavy atom. The summed E-state index contributed by atoms with van der Waals surface area (Å²) in [6.45, 7) is 8.41. The van der Waals surface area contributed by atoms with Crippen molar-refractivity contribution in [3.05, 3.63) is 59.9 Å². The van der Waals surface area contributed by atoms with Gasteiger partial charge in [0.1, 0.15) is 28.9 Å². The Kier molecular flexibility index (Phi) is 8.49. The van der Waals surface area contributed by atoms with Crippen molar-refractivity contribution in [2.24, 2.45) is 5.92 Å². The Hall–Kier alpha value is -2.97. The zero-order chi connectivity index (χ0) is 26.6. The van der Waals surface area contributed by atoms with Crippen LogP contribution in [0.25, 0.3) is 0 Å². The third kappa shape index (κ3) is 5.96. The van der Waals surface area contributed by atoms with Gasteiger partial charge in [-0.25, -0.2) is 4.39 Å². The van der Waals surface area contributed by atoms with Gasteiger partial charge in [0.25, 0.3) is 0 Å². The van der Waals surface area contributed by atoms with Crippen molar-refractivity contribution in [1.29, 1.82) is 0 Å². The first kappa shape index (κ1) is 27.1. The number of ether oxygens (including phenoxy) is 1. The molecule has 200 valence electrons. The summed E-state index contributed by atoms with van der Waals surface area (Å²) in [5.74, 6) is 0.504. The van der Waals surface area contributed by atoms with Gasteiger partial charge in [0.2, 0.25) is 11.8 Å². The first-order valence-electron chi connectivity index (χ1n) is 13.3. The van der Waals surface area contributed by atoms with Crippen LogP contribution in [0.4, 0.5) is 4.39 Å². The average molecular weight is 512 g/mol. The van der Waals surface area contributed by atoms with E-state index in [9.17, 15) is 19.1 Å². The molecular formula is C29H38FN3O4. The summed E-state index contributed by atoms with van der Waals surface area (Å²) in [6.07, 6.45) is 1.95. The lowest BCUT2D eigenvalue weighted by atomic mass is 9.80. The molecule has 0 saturated carbocycles. The van der Waals surface area contributed by atoms with Crippen LogP contribution in [0.2, 0.25) is 0 Å². The molecule has 2 aromatic carbocycles. The van der Waals surface area contributed by atoms with E-state index in [1.165, 1.54) is 12.1 Å². The first-order valence-corrected chi connectivity index (χ1v) is 13.3. The molecule has 2 heterocycles. The van der Waals surface area contributed by atoms with Crippen molar-refractivity contribution >= 4 is 11.8 Å². The third-order valence-corrected chi connectivity index (χ3v) is 7.58. The van der Waals surface area contributed by atoms with Gasteiger partial charge < -0.3 is 20.1 Å². The summed E-state index contributed by atoms with van der Waals surface area (Å²) in [4.78, 5) is 31.0. The van der Waals surface area contributed by atoms with E-state index in [2.05, 4.69) is 17.1 Å². The van der Waals surface area contributed by atoms with E-state index in [1.54, 1.807) is 17.0 Å². The molecule has 0 radical (unpaired) electrons. The quantitative estimate of drug-likeness (QED) is 0.530. The molecule has 2 unspecified atom stereocenters. The van der Waals surface area contributed by atoms with Gasteiger partial charge in [-0.05, 0) is 67.1 Å². The average Bonchev–Trinajstić information content (AvgIpc) is 2.89. The number of benzene rings is 2. The van der Waals surface area contributed by atoms with Gasteiger partial charge in [-0.15, -0.1) is 0 Å². The number of amides is 2. The lowest BCUT2D eigenvalue weighted by molar-refractivity contribution is -0.165. The minimum atomic E-state index is -0.909. The fourth-order valence-electron chi connectivity index (χ4n) is 5.23. The molecule has 2 atom stereocenters. The maximum absolute atomic E-state index is 13.5. The number of carbonyl (C=O) groups is 2. The van der Waals surface area contributed by atoms with Crippen LogP contribution in [-0.4, -0.2) is 64.0 Å². The summed E-state index contributed by atoms with van der Waals surface area (Å²) in [5, 5.41) is 13.5. The maximum Gasteiger partial charge on any atom is 0.248 e. The molecule has 0 aromatic heterocycles. The molecule has 2 N–H and O–H groups in total. The minimum Gasteiger partial charge on any atom is -0.457 e. The molecule has 37 heavy (non-hydrogen) atoms.